The molecule has 1 aromatic rings. The van der Waals surface area contributed by atoms with Crippen LogP contribution in [0.15, 0.2) is 18.2 Å². The van der Waals surface area contributed by atoms with Crippen LogP contribution in [-0.4, -0.2) is 29.8 Å². The summed E-state index contributed by atoms with van der Waals surface area (Å²) in [5.41, 5.74) is 0.452. The largest absolute Gasteiger partial charge is 0.333 e. The van der Waals surface area contributed by atoms with Crippen molar-refractivity contribution in [2.45, 2.75) is 33.1 Å². The molecule has 0 bridgehead atoms. The monoisotopic (exact) mass is 330 g/mol. The molecule has 1 rings (SSSR count). The predicted octanol–water partition coefficient (Wildman–Crippen LogP) is 3.97. The van der Waals surface area contributed by atoms with E-state index in [9.17, 15) is 9.59 Å². The summed E-state index contributed by atoms with van der Waals surface area (Å²) < 4.78 is 0. The van der Waals surface area contributed by atoms with Gasteiger partial charge in [0.15, 0.2) is 0 Å². The standard InChI is InChI=1S/C15H20Cl2N2O2/c1-3-5-15(21)19(8-4-2)10-14(20)18-13-9-11(16)6-7-12(13)17/h6-7,9H,3-5,8,10H2,1-2H3,(H,18,20). The molecule has 116 valence electrons. The van der Waals surface area contributed by atoms with Crippen LogP contribution >= 0.6 is 23.2 Å². The molecular weight excluding hydrogens is 311 g/mol. The van der Waals surface area contributed by atoms with Crippen molar-refractivity contribution in [2.24, 2.45) is 0 Å². The number of hydrogen-bond donors (Lipinski definition) is 1. The molecule has 0 aliphatic carbocycles. The van der Waals surface area contributed by atoms with Gasteiger partial charge in [0.1, 0.15) is 0 Å². The number of nitrogens with zero attached hydrogens (tertiary/aromatic N) is 1. The molecule has 1 N–H and O–H groups in total. The third-order valence-electron chi connectivity index (χ3n) is 2.85. The molecule has 0 heterocycles. The van der Waals surface area contributed by atoms with Crippen molar-refractivity contribution in [3.8, 4) is 0 Å². The first kappa shape index (κ1) is 17.8. The molecule has 0 fully saturated rings. The molecular formula is C15H20Cl2N2O2. The van der Waals surface area contributed by atoms with Crippen molar-refractivity contribution < 1.29 is 9.59 Å². The third kappa shape index (κ3) is 5.94. The summed E-state index contributed by atoms with van der Waals surface area (Å²) in [5, 5.41) is 3.59. The predicted molar refractivity (Wildman–Crippen MR) is 86.9 cm³/mol. The van der Waals surface area contributed by atoms with Gasteiger partial charge in [-0.1, -0.05) is 37.0 Å². The molecule has 0 aromatic heterocycles. The van der Waals surface area contributed by atoms with Gasteiger partial charge in [0.05, 0.1) is 17.3 Å². The number of halogens is 2. The lowest BCUT2D eigenvalue weighted by molar-refractivity contribution is -0.134. The Hall–Kier alpha value is -1.26. The van der Waals surface area contributed by atoms with Crippen LogP contribution < -0.4 is 5.32 Å². The van der Waals surface area contributed by atoms with Crippen LogP contribution in [0.3, 0.4) is 0 Å². The molecule has 0 radical (unpaired) electrons. The van der Waals surface area contributed by atoms with Gasteiger partial charge in [0, 0.05) is 18.0 Å². The smallest absolute Gasteiger partial charge is 0.244 e. The van der Waals surface area contributed by atoms with Gasteiger partial charge in [-0.25, -0.2) is 0 Å². The maximum atomic E-state index is 12.1. The number of amides is 2. The molecule has 0 atom stereocenters. The van der Waals surface area contributed by atoms with Gasteiger partial charge in [0.2, 0.25) is 11.8 Å². The summed E-state index contributed by atoms with van der Waals surface area (Å²) in [6.07, 6.45) is 2.02. The summed E-state index contributed by atoms with van der Waals surface area (Å²) in [5.74, 6) is -0.288. The van der Waals surface area contributed by atoms with Gasteiger partial charge in [0.25, 0.3) is 0 Å². The molecule has 0 saturated carbocycles. The highest BCUT2D eigenvalue weighted by Gasteiger charge is 2.16. The van der Waals surface area contributed by atoms with Crippen LogP contribution in [0.4, 0.5) is 5.69 Å². The van der Waals surface area contributed by atoms with E-state index in [2.05, 4.69) is 5.32 Å². The summed E-state index contributed by atoms with van der Waals surface area (Å²) >= 11 is 11.9. The summed E-state index contributed by atoms with van der Waals surface area (Å²) in [7, 11) is 0. The Morgan fingerprint density at radius 3 is 2.52 bits per heavy atom. The Bertz CT molecular complexity index is 506. The zero-order valence-electron chi connectivity index (χ0n) is 12.3. The van der Waals surface area contributed by atoms with E-state index in [1.54, 1.807) is 23.1 Å². The molecule has 6 heteroatoms. The van der Waals surface area contributed by atoms with Crippen molar-refractivity contribution in [1.82, 2.24) is 4.90 Å². The highest BCUT2D eigenvalue weighted by Crippen LogP contribution is 2.25. The Morgan fingerprint density at radius 2 is 1.90 bits per heavy atom. The van der Waals surface area contributed by atoms with E-state index in [4.69, 9.17) is 23.2 Å². The molecule has 0 unspecified atom stereocenters. The average molecular weight is 331 g/mol. The van der Waals surface area contributed by atoms with Crippen LogP contribution in [0.2, 0.25) is 10.0 Å². The minimum atomic E-state index is -0.280. The Labute approximate surface area is 135 Å². The fraction of sp³-hybridized carbons (Fsp3) is 0.467. The number of anilines is 1. The van der Waals surface area contributed by atoms with E-state index in [0.29, 0.717) is 28.7 Å². The molecule has 0 saturated heterocycles. The van der Waals surface area contributed by atoms with Crippen LogP contribution in [0.25, 0.3) is 0 Å². The third-order valence-corrected chi connectivity index (χ3v) is 3.41. The summed E-state index contributed by atoms with van der Waals surface area (Å²) in [6.45, 7) is 4.50. The van der Waals surface area contributed by atoms with Crippen LogP contribution in [-0.2, 0) is 9.59 Å². The SMILES string of the molecule is CCCC(=O)N(CCC)CC(=O)Nc1cc(Cl)ccc1Cl. The van der Waals surface area contributed by atoms with Gasteiger partial charge in [-0.15, -0.1) is 0 Å². The van der Waals surface area contributed by atoms with Crippen molar-refractivity contribution >= 4 is 40.7 Å². The minimum absolute atomic E-state index is 0.00769. The van der Waals surface area contributed by atoms with Crippen molar-refractivity contribution in [2.75, 3.05) is 18.4 Å². The quantitative estimate of drug-likeness (QED) is 0.822. The second-order valence-corrected chi connectivity index (χ2v) is 5.58. The first-order valence-corrected chi connectivity index (χ1v) is 7.76. The normalized spacial score (nSPS) is 10.3. The highest BCUT2D eigenvalue weighted by atomic mass is 35.5. The molecule has 0 spiro atoms. The number of benzene rings is 1. The number of nitrogens with one attached hydrogen (secondary N) is 1. The first-order chi connectivity index (χ1) is 9.97. The van der Waals surface area contributed by atoms with Crippen LogP contribution in [0, 0.1) is 0 Å². The first-order valence-electron chi connectivity index (χ1n) is 7.00. The maximum absolute atomic E-state index is 12.1. The van der Waals surface area contributed by atoms with Crippen LogP contribution in [0.1, 0.15) is 33.1 Å². The topological polar surface area (TPSA) is 49.4 Å². The fourth-order valence-electron chi connectivity index (χ4n) is 1.89. The molecule has 21 heavy (non-hydrogen) atoms. The molecule has 0 aliphatic rings. The Balaban J connectivity index is 2.69. The molecule has 0 aliphatic heterocycles. The number of carbonyl (C=O) groups excluding carboxylic acids is 2. The van der Waals surface area contributed by atoms with Gasteiger partial charge < -0.3 is 10.2 Å². The summed E-state index contributed by atoms with van der Waals surface area (Å²) in [6, 6.07) is 4.85. The summed E-state index contributed by atoms with van der Waals surface area (Å²) in [4.78, 5) is 25.6. The number of carbonyl (C=O) groups is 2. The van der Waals surface area contributed by atoms with E-state index in [1.807, 2.05) is 13.8 Å². The van der Waals surface area contributed by atoms with Crippen LogP contribution in [0.5, 0.6) is 0 Å². The lowest BCUT2D eigenvalue weighted by Gasteiger charge is -2.21. The highest BCUT2D eigenvalue weighted by molar-refractivity contribution is 6.35. The second kappa shape index (κ2) is 8.90. The van der Waals surface area contributed by atoms with Gasteiger partial charge in [-0.2, -0.15) is 0 Å². The lowest BCUT2D eigenvalue weighted by Crippen LogP contribution is -2.38. The maximum Gasteiger partial charge on any atom is 0.244 e. The van der Waals surface area contributed by atoms with E-state index < -0.39 is 0 Å². The Morgan fingerprint density at radius 1 is 1.19 bits per heavy atom. The zero-order chi connectivity index (χ0) is 15.8. The lowest BCUT2D eigenvalue weighted by atomic mass is 10.2. The van der Waals surface area contributed by atoms with Crippen molar-refractivity contribution in [1.29, 1.82) is 0 Å². The Kier molecular flexibility index (Phi) is 7.54. The average Bonchev–Trinajstić information content (AvgIpc) is 2.42. The second-order valence-electron chi connectivity index (χ2n) is 4.74. The van der Waals surface area contributed by atoms with Crippen molar-refractivity contribution in [3.05, 3.63) is 28.2 Å². The molecule has 2 amide bonds. The van der Waals surface area contributed by atoms with E-state index >= 15 is 0 Å². The number of rotatable bonds is 7. The molecule has 4 nitrogen and oxygen atoms in total. The van der Waals surface area contributed by atoms with Gasteiger partial charge in [-0.3, -0.25) is 9.59 Å². The van der Waals surface area contributed by atoms with Gasteiger partial charge >= 0.3 is 0 Å². The molecule has 1 aromatic carbocycles. The minimum Gasteiger partial charge on any atom is -0.333 e. The van der Waals surface area contributed by atoms with E-state index in [0.717, 1.165) is 12.8 Å². The van der Waals surface area contributed by atoms with Gasteiger partial charge in [-0.05, 0) is 31.0 Å². The zero-order valence-corrected chi connectivity index (χ0v) is 13.8. The van der Waals surface area contributed by atoms with E-state index in [-0.39, 0.29) is 18.4 Å². The fourth-order valence-corrected chi connectivity index (χ4v) is 2.23. The number of hydrogen-bond acceptors (Lipinski definition) is 2. The van der Waals surface area contributed by atoms with Crippen molar-refractivity contribution in [3.63, 3.8) is 0 Å². The van der Waals surface area contributed by atoms with E-state index in [1.165, 1.54) is 0 Å².